The Morgan fingerprint density at radius 1 is 0.420 bits per heavy atom. The lowest BCUT2D eigenvalue weighted by Crippen LogP contribution is -2.53. The number of hydrogen-bond acceptors (Lipinski definition) is 12. The molecule has 18 rings (SSSR count). The maximum atomic E-state index is 14.1. The molecule has 8 saturated heterocycles. The molecule has 2 N–H and O–H groups in total. The highest BCUT2D eigenvalue weighted by Crippen LogP contribution is 2.38. The average molecular weight is 1910 g/mol. The van der Waals surface area contributed by atoms with Crippen LogP contribution in [0.25, 0.3) is 21.8 Å². The standard InChI is InChI=1S/C29H31Cl2N3O.C28H31Cl2N3O2.C26H32ClFN2O.C24H29Cl2N3O.H2/c1-2-21-19-34(13-9-22(21)16-20-5-7-26(30)27(31)17-20)25-10-14-33(15-11-25)29(35)24-6-8-28-23(18-24)4-3-12-32-28;1-35-27-18-33(12-8-21(27)15-19-4-6-24(29)25(30)16-19)23-9-13-32(14-10-23)28(34)22-5-7-26-20(17-22)3-2-11-31-26;1-19-4-2-3-5-21(19)17-26(31)30-14-10-24(11-15-30)29-12-8-20(9-13-29)16-22-6-7-23(27)18-25(22)28;25-22-6-1-18(16-23(22)26)15-17-7-11-28(12-8-17)21-9-13-29(14-10-21)24(30)19-2-4-20(27)5-3-19;/h2-8,12,17-18,21-22,25H,1,9-11,13-16,19H2;2-7,11,16-17,21,23,27H,8-10,12-15,18H2,1H3;2-7,18,20,24H,8-17H2,1H3;1-6,16-17,21H,7-15,27H2;1H/t21-,22-;21-,27+;;;/m10.../s1. The van der Waals surface area contributed by atoms with Gasteiger partial charge in [0.1, 0.15) is 5.82 Å². The zero-order chi connectivity index (χ0) is 91.6. The topological polar surface area (TPSA) is 155 Å². The summed E-state index contributed by atoms with van der Waals surface area (Å²) in [7, 11) is 1.82. The first-order chi connectivity index (χ1) is 63.5. The van der Waals surface area contributed by atoms with Gasteiger partial charge in [-0.3, -0.25) is 38.9 Å². The Labute approximate surface area is 809 Å². The van der Waals surface area contributed by atoms with Gasteiger partial charge in [0.15, 0.2) is 0 Å². The molecule has 8 aliphatic rings. The minimum absolute atomic E-state index is 0. The van der Waals surface area contributed by atoms with Crippen LogP contribution in [0, 0.1) is 42.3 Å². The number of nitrogen functional groups attached to an aromatic ring is 1. The second-order valence-electron chi connectivity index (χ2n) is 37.2. The number of ether oxygens (including phenoxy) is 1. The van der Waals surface area contributed by atoms with Crippen LogP contribution in [0.3, 0.4) is 0 Å². The number of nitrogens with two attached hydrogens (primary N) is 1. The Bertz CT molecular complexity index is 5540. The molecule has 0 spiro atoms. The lowest BCUT2D eigenvalue weighted by Gasteiger charge is -2.44. The molecule has 4 amide bonds. The van der Waals surface area contributed by atoms with Crippen molar-refractivity contribution < 1.29 is 29.7 Å². The van der Waals surface area contributed by atoms with Gasteiger partial charge in [-0.1, -0.05) is 148 Å². The predicted molar refractivity (Wildman–Crippen MR) is 536 cm³/mol. The van der Waals surface area contributed by atoms with Crippen LogP contribution < -0.4 is 5.73 Å². The van der Waals surface area contributed by atoms with Gasteiger partial charge in [0.25, 0.3) is 17.7 Å². The summed E-state index contributed by atoms with van der Waals surface area (Å²) >= 11 is 42.7. The van der Waals surface area contributed by atoms with E-state index in [1.54, 1.807) is 30.6 Å². The summed E-state index contributed by atoms with van der Waals surface area (Å²) in [5.74, 6) is 3.12. The molecule has 16 nitrogen and oxygen atoms in total. The number of anilines is 1. The smallest absolute Gasteiger partial charge is 0.253 e. The number of pyridine rings is 2. The second kappa shape index (κ2) is 46.8. The first-order valence-electron chi connectivity index (χ1n) is 47.1. The van der Waals surface area contributed by atoms with Gasteiger partial charge in [-0.15, -0.1) is 6.58 Å². The molecule has 8 fully saturated rings. The molecule has 0 saturated carbocycles. The monoisotopic (exact) mass is 1910 g/mol. The van der Waals surface area contributed by atoms with Crippen molar-refractivity contribution in [2.75, 3.05) is 118 Å². The van der Waals surface area contributed by atoms with Crippen LogP contribution in [0.15, 0.2) is 207 Å². The Morgan fingerprint density at radius 2 is 0.840 bits per heavy atom. The highest BCUT2D eigenvalue weighted by molar-refractivity contribution is 6.43. The number of carbonyl (C=O) groups is 4. The maximum absolute atomic E-state index is 14.1. The lowest BCUT2D eigenvalue weighted by molar-refractivity contribution is -0.132. The summed E-state index contributed by atoms with van der Waals surface area (Å²) in [6, 6.07) is 59.9. The molecular formula is C107H125Cl7FN11O5. The third-order valence-electron chi connectivity index (χ3n) is 29.1. The van der Waals surface area contributed by atoms with Crippen LogP contribution in [0.4, 0.5) is 10.1 Å². The third kappa shape index (κ3) is 26.1. The first kappa shape index (κ1) is 97.3. The number of methoxy groups -OCH3 is 1. The molecule has 10 aromatic rings. The van der Waals surface area contributed by atoms with E-state index in [4.69, 9.17) is 91.7 Å². The fourth-order valence-electron chi connectivity index (χ4n) is 21.2. The van der Waals surface area contributed by atoms with Crippen LogP contribution in [0.2, 0.25) is 35.2 Å². The van der Waals surface area contributed by atoms with Crippen LogP contribution >= 0.6 is 81.2 Å². The van der Waals surface area contributed by atoms with E-state index in [0.29, 0.717) is 101 Å². The SMILES string of the molecule is C=C[C@@H]1CN(C2CCN(C(=O)c3ccc4ncccc4c3)CC2)CC[C@@H]1Cc1ccc(Cl)c(Cl)c1.CO[C@@H]1CN(C2CCN(C(=O)c3ccc4ncccc4c3)CC2)CC[C@H]1Cc1ccc(Cl)c(Cl)c1.Cc1ccccc1CC(=O)N1CCC(N2CCC(Cc3ccc(Cl)cc3F)CC2)CC1.Nc1ccc(C(=O)N2CCC(N3CCC(Cc4ccc(Cl)c(Cl)c4)CC3)CC2)cc1.[HH]. The molecule has 0 bridgehead atoms. The van der Waals surface area contributed by atoms with Crippen molar-refractivity contribution in [1.29, 1.82) is 0 Å². The minimum Gasteiger partial charge on any atom is -0.399 e. The van der Waals surface area contributed by atoms with Crippen molar-refractivity contribution in [3.63, 3.8) is 0 Å². The van der Waals surface area contributed by atoms with E-state index in [2.05, 4.69) is 79.5 Å². The van der Waals surface area contributed by atoms with Crippen molar-refractivity contribution in [3.8, 4) is 0 Å². The predicted octanol–water partition coefficient (Wildman–Crippen LogP) is 22.9. The van der Waals surface area contributed by atoms with E-state index in [9.17, 15) is 23.6 Å². The molecule has 0 aliphatic carbocycles. The minimum atomic E-state index is -0.183. The lowest BCUT2D eigenvalue weighted by atomic mass is 9.80. The normalized spacial score (nSPS) is 20.6. The number of halogens is 8. The molecule has 4 atom stereocenters. The number of amides is 4. The first-order valence-corrected chi connectivity index (χ1v) is 49.8. The van der Waals surface area contributed by atoms with E-state index < -0.39 is 0 Å². The molecule has 10 heterocycles. The molecule has 694 valence electrons. The van der Waals surface area contributed by atoms with Crippen molar-refractivity contribution in [2.45, 2.75) is 159 Å². The summed E-state index contributed by atoms with van der Waals surface area (Å²) in [6.45, 7) is 21.3. The molecule has 0 radical (unpaired) electrons. The van der Waals surface area contributed by atoms with Crippen molar-refractivity contribution >= 4 is 132 Å². The molecule has 24 heteroatoms. The number of rotatable bonds is 19. The number of hydrogen-bond donors (Lipinski definition) is 1. The van der Waals surface area contributed by atoms with Crippen LogP contribution in [-0.2, 0) is 41.6 Å². The van der Waals surface area contributed by atoms with Gasteiger partial charge in [0, 0.05) is 149 Å². The molecule has 2 aromatic heterocycles. The zero-order valence-corrected chi connectivity index (χ0v) is 80.7. The Morgan fingerprint density at radius 3 is 1.31 bits per heavy atom. The summed E-state index contributed by atoms with van der Waals surface area (Å²) < 4.78 is 20.0. The summed E-state index contributed by atoms with van der Waals surface area (Å²) in [4.78, 5) is 78.9. The number of nitrogens with zero attached hydrogens (tertiary/aromatic N) is 10. The fourth-order valence-corrected chi connectivity index (χ4v) is 22.3. The van der Waals surface area contributed by atoms with Gasteiger partial charge in [-0.2, -0.15) is 0 Å². The van der Waals surface area contributed by atoms with E-state index in [0.717, 1.165) is 257 Å². The highest BCUT2D eigenvalue weighted by atomic mass is 35.5. The Kier molecular flexibility index (Phi) is 34.8. The third-order valence-corrected chi connectivity index (χ3v) is 31.5. The van der Waals surface area contributed by atoms with Crippen LogP contribution in [0.5, 0.6) is 0 Å². The number of benzene rings is 8. The van der Waals surface area contributed by atoms with Gasteiger partial charge < -0.3 is 39.9 Å². The fraction of sp³-hybridized carbons (Fsp3) is 0.439. The van der Waals surface area contributed by atoms with Crippen molar-refractivity contribution in [2.24, 2.45) is 29.6 Å². The molecule has 8 aromatic carbocycles. The highest BCUT2D eigenvalue weighted by Gasteiger charge is 2.39. The number of likely N-dealkylation sites (tertiary alicyclic amines) is 8. The van der Waals surface area contributed by atoms with E-state index >= 15 is 0 Å². The van der Waals surface area contributed by atoms with Gasteiger partial charge >= 0.3 is 0 Å². The van der Waals surface area contributed by atoms with E-state index in [-0.39, 0.29) is 37.0 Å². The van der Waals surface area contributed by atoms with Gasteiger partial charge in [0.05, 0.1) is 53.7 Å². The molecule has 131 heavy (non-hydrogen) atoms. The molecule has 0 unspecified atom stereocenters. The maximum Gasteiger partial charge on any atom is 0.253 e. The average Bonchev–Trinajstić information content (AvgIpc) is 0.808. The zero-order valence-electron chi connectivity index (χ0n) is 75.4. The van der Waals surface area contributed by atoms with E-state index in [1.807, 2.05) is 154 Å². The number of carbonyl (C=O) groups excluding carboxylic acids is 4. The molecule has 8 aliphatic heterocycles. The summed E-state index contributed by atoms with van der Waals surface area (Å²) in [6.07, 6.45) is 25.3. The quantitative estimate of drug-likeness (QED) is 0.0605. The van der Waals surface area contributed by atoms with Crippen LogP contribution in [0.1, 0.15) is 156 Å². The molecular weight excluding hydrogens is 1790 g/mol. The van der Waals surface area contributed by atoms with Gasteiger partial charge in [0.2, 0.25) is 5.91 Å². The largest absolute Gasteiger partial charge is 0.399 e. The van der Waals surface area contributed by atoms with Crippen molar-refractivity contribution in [1.82, 2.24) is 49.2 Å². The number of piperidine rings is 8. The van der Waals surface area contributed by atoms with Gasteiger partial charge in [-0.25, -0.2) is 4.39 Å². The van der Waals surface area contributed by atoms with Gasteiger partial charge in [-0.05, 0) is 346 Å². The Balaban J connectivity index is 0.000000142. The number of aromatic nitrogens is 2. The number of fused-ring (bicyclic) bond motifs is 2. The van der Waals surface area contributed by atoms with Crippen LogP contribution in [-0.4, -0.2) is 215 Å². The van der Waals surface area contributed by atoms with E-state index in [1.165, 1.54) is 41.2 Å². The Hall–Kier alpha value is -8.24. The summed E-state index contributed by atoms with van der Waals surface area (Å²) in [5, 5.41) is 6.16. The van der Waals surface area contributed by atoms with Crippen molar-refractivity contribution in [3.05, 3.63) is 298 Å². The number of aryl methyl sites for hydroxylation is 1. The summed E-state index contributed by atoms with van der Waals surface area (Å²) in [5.41, 5.74) is 17.3. The second-order valence-corrected chi connectivity index (χ2v) is 40.1.